The third-order valence-electron chi connectivity index (χ3n) is 5.33. The third-order valence-corrected chi connectivity index (χ3v) is 5.91. The molecular formula is C19H24Cl2N2O2. The van der Waals surface area contributed by atoms with Gasteiger partial charge in [0.2, 0.25) is 11.8 Å². The molecule has 1 aromatic carbocycles. The minimum Gasteiger partial charge on any atom is -0.342 e. The molecular weight excluding hydrogens is 359 g/mol. The number of carbonyl (C=O) groups excluding carboxylic acids is 2. The summed E-state index contributed by atoms with van der Waals surface area (Å²) in [5.74, 6) is 0.706. The van der Waals surface area contributed by atoms with Crippen LogP contribution in [0.4, 0.5) is 0 Å². The van der Waals surface area contributed by atoms with E-state index < -0.39 is 0 Å². The van der Waals surface area contributed by atoms with Crippen LogP contribution < -0.4 is 0 Å². The smallest absolute Gasteiger partial charge is 0.227 e. The molecule has 6 heteroatoms. The van der Waals surface area contributed by atoms with E-state index in [2.05, 4.69) is 6.92 Å². The van der Waals surface area contributed by atoms with Gasteiger partial charge in [-0.2, -0.15) is 0 Å². The fourth-order valence-electron chi connectivity index (χ4n) is 3.62. The van der Waals surface area contributed by atoms with Gasteiger partial charge >= 0.3 is 0 Å². The maximum atomic E-state index is 12.7. The molecule has 0 radical (unpaired) electrons. The number of hydrogen-bond donors (Lipinski definition) is 0. The van der Waals surface area contributed by atoms with Gasteiger partial charge in [0, 0.05) is 42.6 Å². The van der Waals surface area contributed by atoms with E-state index in [1.54, 1.807) is 17.0 Å². The topological polar surface area (TPSA) is 40.6 Å². The molecule has 1 atom stereocenters. The van der Waals surface area contributed by atoms with E-state index in [0.717, 1.165) is 31.5 Å². The Bertz CT molecular complexity index is 657. The van der Waals surface area contributed by atoms with Gasteiger partial charge in [0.05, 0.1) is 5.92 Å². The van der Waals surface area contributed by atoms with Crippen molar-refractivity contribution in [3.63, 3.8) is 0 Å². The number of halogens is 2. The maximum Gasteiger partial charge on any atom is 0.227 e. The van der Waals surface area contributed by atoms with Crippen molar-refractivity contribution in [1.29, 1.82) is 0 Å². The van der Waals surface area contributed by atoms with Crippen molar-refractivity contribution in [3.8, 4) is 0 Å². The highest BCUT2D eigenvalue weighted by Gasteiger charge is 2.36. The summed E-state index contributed by atoms with van der Waals surface area (Å²) in [4.78, 5) is 28.7. The highest BCUT2D eigenvalue weighted by molar-refractivity contribution is 6.35. The van der Waals surface area contributed by atoms with Gasteiger partial charge in [-0.3, -0.25) is 9.59 Å². The van der Waals surface area contributed by atoms with Crippen LogP contribution in [0.15, 0.2) is 18.2 Å². The maximum absolute atomic E-state index is 12.7. The van der Waals surface area contributed by atoms with Gasteiger partial charge in [0.25, 0.3) is 0 Å². The second-order valence-electron chi connectivity index (χ2n) is 7.23. The molecule has 0 bridgehead atoms. The van der Waals surface area contributed by atoms with E-state index in [1.807, 2.05) is 11.0 Å². The van der Waals surface area contributed by atoms with Crippen molar-refractivity contribution < 1.29 is 9.59 Å². The Kier molecular flexibility index (Phi) is 5.90. The molecule has 1 aromatic rings. The predicted molar refractivity (Wildman–Crippen MR) is 99.8 cm³/mol. The Balaban J connectivity index is 1.54. The van der Waals surface area contributed by atoms with Gasteiger partial charge in [-0.15, -0.1) is 0 Å². The number of piperidine rings is 1. The van der Waals surface area contributed by atoms with Crippen LogP contribution in [0.25, 0.3) is 0 Å². The molecule has 0 aromatic heterocycles. The van der Waals surface area contributed by atoms with Crippen LogP contribution in [0, 0.1) is 11.8 Å². The fourth-order valence-corrected chi connectivity index (χ4v) is 4.12. The molecule has 3 rings (SSSR count). The minimum atomic E-state index is -0.193. The first-order valence-electron chi connectivity index (χ1n) is 8.94. The predicted octanol–water partition coefficient (Wildman–Crippen LogP) is 3.64. The molecule has 2 aliphatic heterocycles. The van der Waals surface area contributed by atoms with Crippen LogP contribution in [-0.4, -0.2) is 47.8 Å². The van der Waals surface area contributed by atoms with E-state index in [1.165, 1.54) is 0 Å². The van der Waals surface area contributed by atoms with E-state index in [-0.39, 0.29) is 17.7 Å². The Morgan fingerprint density at radius 2 is 1.96 bits per heavy atom. The molecule has 0 aliphatic carbocycles. The van der Waals surface area contributed by atoms with Crippen molar-refractivity contribution in [2.45, 2.75) is 32.6 Å². The largest absolute Gasteiger partial charge is 0.342 e. The summed E-state index contributed by atoms with van der Waals surface area (Å²) in [6.45, 7) is 4.98. The third kappa shape index (κ3) is 4.48. The lowest BCUT2D eigenvalue weighted by atomic mass is 9.97. The molecule has 2 heterocycles. The Morgan fingerprint density at radius 1 is 1.24 bits per heavy atom. The van der Waals surface area contributed by atoms with Gasteiger partial charge in [-0.1, -0.05) is 36.2 Å². The van der Waals surface area contributed by atoms with Gasteiger partial charge in [-0.05, 0) is 42.9 Å². The number of benzene rings is 1. The molecule has 2 aliphatic rings. The first kappa shape index (κ1) is 18.5. The summed E-state index contributed by atoms with van der Waals surface area (Å²) in [6.07, 6.45) is 3.12. The number of hydrogen-bond acceptors (Lipinski definition) is 2. The average Bonchev–Trinajstić information content (AvgIpc) is 2.95. The van der Waals surface area contributed by atoms with Crippen LogP contribution in [0.2, 0.25) is 10.0 Å². The average molecular weight is 383 g/mol. The van der Waals surface area contributed by atoms with Gasteiger partial charge in [0.15, 0.2) is 0 Å². The van der Waals surface area contributed by atoms with Gasteiger partial charge < -0.3 is 9.80 Å². The quantitative estimate of drug-likeness (QED) is 0.797. The molecule has 0 spiro atoms. The molecule has 136 valence electrons. The molecule has 2 saturated heterocycles. The van der Waals surface area contributed by atoms with E-state index in [4.69, 9.17) is 23.2 Å². The van der Waals surface area contributed by atoms with Crippen LogP contribution in [-0.2, 0) is 16.0 Å². The standard InChI is InChI=1S/C19H24Cl2N2O2/c1-13-4-7-22(8-5-13)19(25)15-10-18(24)23(12-15)9-6-14-2-3-16(20)11-17(14)21/h2-3,11,13,15H,4-10,12H2,1H3. The van der Waals surface area contributed by atoms with Gasteiger partial charge in [-0.25, -0.2) is 0 Å². The van der Waals surface area contributed by atoms with Crippen molar-refractivity contribution in [1.82, 2.24) is 9.80 Å². The molecule has 2 fully saturated rings. The molecule has 2 amide bonds. The van der Waals surface area contributed by atoms with Crippen LogP contribution in [0.3, 0.4) is 0 Å². The SMILES string of the molecule is CC1CCN(C(=O)C2CC(=O)N(CCc3ccc(Cl)cc3Cl)C2)CC1. The van der Waals surface area contributed by atoms with E-state index in [9.17, 15) is 9.59 Å². The zero-order valence-corrected chi connectivity index (χ0v) is 16.0. The number of carbonyl (C=O) groups is 2. The normalized spacial score (nSPS) is 21.9. The summed E-state index contributed by atoms with van der Waals surface area (Å²) < 4.78 is 0. The Labute approximate surface area is 159 Å². The summed E-state index contributed by atoms with van der Waals surface area (Å²) in [6, 6.07) is 5.41. The lowest BCUT2D eigenvalue weighted by molar-refractivity contribution is -0.137. The lowest BCUT2D eigenvalue weighted by Gasteiger charge is -2.32. The van der Waals surface area contributed by atoms with Crippen molar-refractivity contribution >= 4 is 35.0 Å². The van der Waals surface area contributed by atoms with Crippen LogP contribution >= 0.6 is 23.2 Å². The fraction of sp³-hybridized carbons (Fsp3) is 0.579. The monoisotopic (exact) mass is 382 g/mol. The number of likely N-dealkylation sites (tertiary alicyclic amines) is 2. The zero-order chi connectivity index (χ0) is 18.0. The highest BCUT2D eigenvalue weighted by atomic mass is 35.5. The molecule has 1 unspecified atom stereocenters. The summed E-state index contributed by atoms with van der Waals surface area (Å²) in [5.41, 5.74) is 0.971. The van der Waals surface area contributed by atoms with E-state index >= 15 is 0 Å². The van der Waals surface area contributed by atoms with E-state index in [0.29, 0.717) is 41.9 Å². The van der Waals surface area contributed by atoms with Crippen LogP contribution in [0.1, 0.15) is 31.7 Å². The lowest BCUT2D eigenvalue weighted by Crippen LogP contribution is -2.42. The minimum absolute atomic E-state index is 0.0637. The first-order chi connectivity index (χ1) is 11.9. The number of rotatable bonds is 4. The van der Waals surface area contributed by atoms with Crippen molar-refractivity contribution in [3.05, 3.63) is 33.8 Å². The summed E-state index contributed by atoms with van der Waals surface area (Å²) in [5, 5.41) is 1.22. The second kappa shape index (κ2) is 7.96. The highest BCUT2D eigenvalue weighted by Crippen LogP contribution is 2.25. The second-order valence-corrected chi connectivity index (χ2v) is 8.08. The van der Waals surface area contributed by atoms with Crippen molar-refractivity contribution in [2.24, 2.45) is 11.8 Å². The van der Waals surface area contributed by atoms with Crippen LogP contribution in [0.5, 0.6) is 0 Å². The molecule has 4 nitrogen and oxygen atoms in total. The Hall–Kier alpha value is -1.26. The Morgan fingerprint density at radius 3 is 2.64 bits per heavy atom. The molecule has 0 saturated carbocycles. The first-order valence-corrected chi connectivity index (χ1v) is 9.70. The van der Waals surface area contributed by atoms with Crippen molar-refractivity contribution in [2.75, 3.05) is 26.2 Å². The number of nitrogens with zero attached hydrogens (tertiary/aromatic N) is 2. The van der Waals surface area contributed by atoms with Gasteiger partial charge in [0.1, 0.15) is 0 Å². The summed E-state index contributed by atoms with van der Waals surface area (Å²) >= 11 is 12.1. The molecule has 0 N–H and O–H groups in total. The number of amides is 2. The molecule has 25 heavy (non-hydrogen) atoms. The summed E-state index contributed by atoms with van der Waals surface area (Å²) in [7, 11) is 0. The zero-order valence-electron chi connectivity index (χ0n) is 14.5.